The molecule has 0 saturated heterocycles. The summed E-state index contributed by atoms with van der Waals surface area (Å²) in [5.41, 5.74) is 0.102. The van der Waals surface area contributed by atoms with Crippen LogP contribution in [0.5, 0.6) is 0 Å². The van der Waals surface area contributed by atoms with Crippen LogP contribution in [-0.2, 0) is 11.3 Å². The normalized spacial score (nSPS) is 11.1. The minimum absolute atomic E-state index is 0.0302. The summed E-state index contributed by atoms with van der Waals surface area (Å²) in [6.45, 7) is -0.433. The number of carboxylic acid groups (broad SMARTS) is 1. The van der Waals surface area contributed by atoms with Crippen LogP contribution in [-0.4, -0.2) is 23.2 Å². The summed E-state index contributed by atoms with van der Waals surface area (Å²) < 4.78 is 35.7. The van der Waals surface area contributed by atoms with Gasteiger partial charge in [0.05, 0.1) is 5.56 Å². The van der Waals surface area contributed by atoms with Crippen LogP contribution in [0.15, 0.2) is 18.2 Å². The van der Waals surface area contributed by atoms with E-state index in [1.54, 1.807) is 5.32 Å². The van der Waals surface area contributed by atoms with E-state index in [0.29, 0.717) is 0 Å². The molecule has 2 N–H and O–H groups in total. The van der Waals surface area contributed by atoms with Crippen molar-refractivity contribution < 1.29 is 27.9 Å². The Bertz CT molecular complexity index is 488. The molecule has 0 heterocycles. The fourth-order valence-corrected chi connectivity index (χ4v) is 1.35. The Kier molecular flexibility index (Phi) is 4.18. The van der Waals surface area contributed by atoms with Gasteiger partial charge in [0.1, 0.15) is 0 Å². The molecular formula is C10H7ClF3NO3. The monoisotopic (exact) mass is 281 g/mol. The second-order valence-electron chi connectivity index (χ2n) is 3.29. The fraction of sp³-hybridized carbons (Fsp3) is 0.200. The van der Waals surface area contributed by atoms with Crippen molar-refractivity contribution in [3.05, 3.63) is 34.3 Å². The van der Waals surface area contributed by atoms with E-state index in [1.165, 1.54) is 12.1 Å². The van der Waals surface area contributed by atoms with E-state index in [9.17, 15) is 22.8 Å². The minimum Gasteiger partial charge on any atom is -0.478 e. The molecule has 0 atom stereocenters. The van der Waals surface area contributed by atoms with Crippen molar-refractivity contribution in [2.75, 3.05) is 0 Å². The average molecular weight is 282 g/mol. The number of nitrogens with one attached hydrogen (secondary N) is 1. The Morgan fingerprint density at radius 1 is 1.33 bits per heavy atom. The maximum Gasteiger partial charge on any atom is 0.471 e. The molecule has 0 unspecified atom stereocenters. The van der Waals surface area contributed by atoms with Crippen molar-refractivity contribution in [2.24, 2.45) is 0 Å². The summed E-state index contributed by atoms with van der Waals surface area (Å²) in [6.07, 6.45) is -4.96. The second-order valence-corrected chi connectivity index (χ2v) is 3.70. The Hall–Kier alpha value is -1.76. The molecule has 0 radical (unpaired) electrons. The van der Waals surface area contributed by atoms with Gasteiger partial charge in [0.25, 0.3) is 0 Å². The van der Waals surface area contributed by atoms with Gasteiger partial charge >= 0.3 is 18.1 Å². The van der Waals surface area contributed by atoms with Crippen LogP contribution in [0, 0.1) is 0 Å². The molecule has 0 aromatic heterocycles. The standard InChI is InChI=1S/C10H7ClF3NO3/c11-7-3-5(8(16)17)1-2-6(7)4-15-9(18)10(12,13)14/h1-3H,4H2,(H,15,18)(H,16,17). The summed E-state index contributed by atoms with van der Waals surface area (Å²) in [6, 6.07) is 3.52. The van der Waals surface area contributed by atoms with E-state index >= 15 is 0 Å². The van der Waals surface area contributed by atoms with Crippen LogP contribution < -0.4 is 5.32 Å². The van der Waals surface area contributed by atoms with E-state index in [4.69, 9.17) is 16.7 Å². The molecule has 0 saturated carbocycles. The zero-order chi connectivity index (χ0) is 13.9. The number of alkyl halides is 3. The van der Waals surface area contributed by atoms with Gasteiger partial charge in [-0.1, -0.05) is 17.7 Å². The van der Waals surface area contributed by atoms with Gasteiger partial charge in [0.2, 0.25) is 0 Å². The topological polar surface area (TPSA) is 66.4 Å². The lowest BCUT2D eigenvalue weighted by molar-refractivity contribution is -0.173. The van der Waals surface area contributed by atoms with Crippen LogP contribution in [0.3, 0.4) is 0 Å². The predicted molar refractivity (Wildman–Crippen MR) is 56.3 cm³/mol. The zero-order valence-electron chi connectivity index (χ0n) is 8.71. The number of aromatic carboxylic acids is 1. The Morgan fingerprint density at radius 2 is 1.94 bits per heavy atom. The third kappa shape index (κ3) is 3.63. The van der Waals surface area contributed by atoms with Crippen molar-refractivity contribution in [1.29, 1.82) is 0 Å². The molecular weight excluding hydrogens is 275 g/mol. The van der Waals surface area contributed by atoms with Crippen LogP contribution in [0.1, 0.15) is 15.9 Å². The third-order valence-corrected chi connectivity index (χ3v) is 2.35. The van der Waals surface area contributed by atoms with Gasteiger partial charge in [0, 0.05) is 11.6 Å². The molecule has 4 nitrogen and oxygen atoms in total. The lowest BCUT2D eigenvalue weighted by Crippen LogP contribution is -2.36. The Labute approximate surface area is 104 Å². The quantitative estimate of drug-likeness (QED) is 0.893. The first kappa shape index (κ1) is 14.3. The summed E-state index contributed by atoms with van der Waals surface area (Å²) >= 11 is 5.68. The molecule has 1 aromatic rings. The van der Waals surface area contributed by atoms with Gasteiger partial charge in [-0.05, 0) is 17.7 Å². The van der Waals surface area contributed by atoms with Crippen LogP contribution in [0.25, 0.3) is 0 Å². The molecule has 1 aromatic carbocycles. The highest BCUT2D eigenvalue weighted by Gasteiger charge is 2.38. The van der Waals surface area contributed by atoms with Crippen molar-refractivity contribution >= 4 is 23.5 Å². The first-order chi connectivity index (χ1) is 8.21. The highest BCUT2D eigenvalue weighted by atomic mass is 35.5. The molecule has 8 heteroatoms. The number of rotatable bonds is 3. The number of carboxylic acids is 1. The van der Waals surface area contributed by atoms with Crippen molar-refractivity contribution in [3.8, 4) is 0 Å². The molecule has 0 aliphatic heterocycles. The van der Waals surface area contributed by atoms with Gasteiger partial charge in [-0.15, -0.1) is 0 Å². The molecule has 1 rings (SSSR count). The minimum atomic E-state index is -4.96. The maximum atomic E-state index is 11.9. The first-order valence-corrected chi connectivity index (χ1v) is 4.96. The fourth-order valence-electron chi connectivity index (χ4n) is 1.10. The molecule has 1 amide bonds. The smallest absolute Gasteiger partial charge is 0.471 e. The van der Waals surface area contributed by atoms with Gasteiger partial charge < -0.3 is 10.4 Å². The van der Waals surface area contributed by atoms with Crippen LogP contribution in [0.4, 0.5) is 13.2 Å². The summed E-state index contributed by atoms with van der Waals surface area (Å²) in [4.78, 5) is 21.1. The maximum absolute atomic E-state index is 11.9. The van der Waals surface area contributed by atoms with E-state index in [2.05, 4.69) is 0 Å². The lowest BCUT2D eigenvalue weighted by atomic mass is 10.1. The molecule has 0 aliphatic carbocycles. The largest absolute Gasteiger partial charge is 0.478 e. The third-order valence-electron chi connectivity index (χ3n) is 2.00. The predicted octanol–water partition coefficient (Wildman–Crippen LogP) is 2.22. The highest BCUT2D eigenvalue weighted by Crippen LogP contribution is 2.19. The van der Waals surface area contributed by atoms with Crippen molar-refractivity contribution in [1.82, 2.24) is 5.32 Å². The number of hydrogen-bond acceptors (Lipinski definition) is 2. The molecule has 18 heavy (non-hydrogen) atoms. The number of halogens is 4. The highest BCUT2D eigenvalue weighted by molar-refractivity contribution is 6.31. The van der Waals surface area contributed by atoms with Gasteiger partial charge in [-0.25, -0.2) is 4.79 Å². The molecule has 0 bridgehead atoms. The van der Waals surface area contributed by atoms with E-state index < -0.39 is 24.6 Å². The molecule has 0 fully saturated rings. The number of amides is 1. The summed E-state index contributed by atoms with van der Waals surface area (Å²) in [7, 11) is 0. The van der Waals surface area contributed by atoms with Gasteiger partial charge in [-0.2, -0.15) is 13.2 Å². The Balaban J connectivity index is 2.75. The SMILES string of the molecule is O=C(O)c1ccc(CNC(=O)C(F)(F)F)c(Cl)c1. The van der Waals surface area contributed by atoms with Crippen molar-refractivity contribution in [2.45, 2.75) is 12.7 Å². The number of carbonyl (C=O) groups is 2. The second kappa shape index (κ2) is 5.26. The molecule has 0 spiro atoms. The van der Waals surface area contributed by atoms with Gasteiger partial charge in [0.15, 0.2) is 0 Å². The zero-order valence-corrected chi connectivity index (χ0v) is 9.47. The number of benzene rings is 1. The summed E-state index contributed by atoms with van der Waals surface area (Å²) in [5.74, 6) is -3.29. The van der Waals surface area contributed by atoms with E-state index in [1.807, 2.05) is 0 Å². The summed E-state index contributed by atoms with van der Waals surface area (Å²) in [5, 5.41) is 10.3. The van der Waals surface area contributed by atoms with E-state index in [0.717, 1.165) is 6.07 Å². The first-order valence-electron chi connectivity index (χ1n) is 4.58. The molecule has 98 valence electrons. The van der Waals surface area contributed by atoms with Crippen LogP contribution >= 0.6 is 11.6 Å². The lowest BCUT2D eigenvalue weighted by Gasteiger charge is -2.09. The van der Waals surface area contributed by atoms with Crippen LogP contribution in [0.2, 0.25) is 5.02 Å². The molecule has 0 aliphatic rings. The van der Waals surface area contributed by atoms with Crippen molar-refractivity contribution in [3.63, 3.8) is 0 Å². The Morgan fingerprint density at radius 3 is 2.39 bits per heavy atom. The van der Waals surface area contributed by atoms with Gasteiger partial charge in [-0.3, -0.25) is 4.79 Å². The number of carbonyl (C=O) groups excluding carboxylic acids is 1. The number of hydrogen-bond donors (Lipinski definition) is 2. The average Bonchev–Trinajstić information content (AvgIpc) is 2.25. The van der Waals surface area contributed by atoms with E-state index in [-0.39, 0.29) is 16.1 Å².